The first-order valence-electron chi connectivity index (χ1n) is 5.24. The summed E-state index contributed by atoms with van der Waals surface area (Å²) in [5.41, 5.74) is 0.887. The Kier molecular flexibility index (Phi) is 4.28. The first-order chi connectivity index (χ1) is 7.95. The van der Waals surface area contributed by atoms with Crippen LogP contribution in [0.3, 0.4) is 0 Å². The molecule has 92 valence electrons. The molecule has 1 aromatic heterocycles. The number of nitrogens with zero attached hydrogens (tertiary/aromatic N) is 3. The third-order valence-corrected chi connectivity index (χ3v) is 2.72. The largest absolute Gasteiger partial charge is 0.358 e. The van der Waals surface area contributed by atoms with Gasteiger partial charge in [-0.15, -0.1) is 0 Å². The molecule has 0 fully saturated rings. The second kappa shape index (κ2) is 5.49. The lowest BCUT2D eigenvalue weighted by Crippen LogP contribution is -2.43. The second-order valence-electron chi connectivity index (χ2n) is 4.13. The number of hydrogen-bond acceptors (Lipinski definition) is 5. The van der Waals surface area contributed by atoms with Crippen molar-refractivity contribution in [3.63, 3.8) is 0 Å². The van der Waals surface area contributed by atoms with E-state index in [1.807, 2.05) is 13.0 Å². The Labute approximate surface area is 99.9 Å². The minimum atomic E-state index is -0.641. The smallest absolute Gasteiger partial charge is 0.348 e. The molecule has 0 aromatic carbocycles. The molecule has 1 aromatic rings. The van der Waals surface area contributed by atoms with Gasteiger partial charge in [-0.05, 0) is 30.6 Å². The number of hydrogen-bond donors (Lipinski definition) is 1. The lowest BCUT2D eigenvalue weighted by Gasteiger charge is -2.26. The molecule has 1 heterocycles. The van der Waals surface area contributed by atoms with E-state index in [0.717, 1.165) is 5.56 Å². The van der Waals surface area contributed by atoms with E-state index in [9.17, 15) is 10.1 Å². The molecule has 0 aliphatic heterocycles. The monoisotopic (exact) mass is 236 g/mol. The first-order valence-corrected chi connectivity index (χ1v) is 5.24. The quantitative estimate of drug-likeness (QED) is 0.370. The Morgan fingerprint density at radius 2 is 2.24 bits per heavy atom. The summed E-state index contributed by atoms with van der Waals surface area (Å²) in [5, 5.41) is 18.3. The van der Waals surface area contributed by atoms with Gasteiger partial charge in [0.05, 0.1) is 0 Å². The normalized spacial score (nSPS) is 14.4. The molecule has 17 heavy (non-hydrogen) atoms. The minimum Gasteiger partial charge on any atom is -0.358 e. The zero-order valence-electron chi connectivity index (χ0n) is 10.1. The van der Waals surface area contributed by atoms with Crippen molar-refractivity contribution in [3.05, 3.63) is 40.2 Å². The van der Waals surface area contributed by atoms with Crippen molar-refractivity contribution < 1.29 is 4.92 Å². The number of nitro groups is 1. The lowest BCUT2D eigenvalue weighted by molar-refractivity contribution is -0.358. The van der Waals surface area contributed by atoms with Crippen LogP contribution in [0, 0.1) is 15.5 Å². The van der Waals surface area contributed by atoms with Crippen molar-refractivity contribution in [2.75, 3.05) is 14.1 Å². The number of pyridine rings is 1. The van der Waals surface area contributed by atoms with Crippen molar-refractivity contribution in [1.82, 2.24) is 9.88 Å². The van der Waals surface area contributed by atoms with Crippen molar-refractivity contribution >= 4 is 5.84 Å². The van der Waals surface area contributed by atoms with Gasteiger partial charge in [0.2, 0.25) is 0 Å². The SMILES string of the molecule is CC(c1cccnc1)C(C(=N)[N+](=O)[O-])N(C)C. The van der Waals surface area contributed by atoms with Gasteiger partial charge in [0, 0.05) is 18.3 Å². The van der Waals surface area contributed by atoms with E-state index in [4.69, 9.17) is 5.41 Å². The van der Waals surface area contributed by atoms with Gasteiger partial charge in [-0.2, -0.15) is 0 Å². The highest BCUT2D eigenvalue weighted by molar-refractivity contribution is 5.77. The summed E-state index contributed by atoms with van der Waals surface area (Å²) in [5.74, 6) is -0.650. The minimum absolute atomic E-state index is 0.156. The summed E-state index contributed by atoms with van der Waals surface area (Å²) in [6, 6.07) is 3.09. The van der Waals surface area contributed by atoms with Gasteiger partial charge in [-0.3, -0.25) is 9.88 Å². The van der Waals surface area contributed by atoms with Gasteiger partial charge < -0.3 is 10.1 Å². The third-order valence-electron chi connectivity index (χ3n) is 2.72. The molecule has 0 aliphatic rings. The maximum Gasteiger partial charge on any atom is 0.348 e. The van der Waals surface area contributed by atoms with E-state index >= 15 is 0 Å². The van der Waals surface area contributed by atoms with Crippen LogP contribution in [0.4, 0.5) is 0 Å². The van der Waals surface area contributed by atoms with Crippen LogP contribution in [-0.4, -0.2) is 40.8 Å². The summed E-state index contributed by atoms with van der Waals surface area (Å²) in [4.78, 5) is 15.8. The van der Waals surface area contributed by atoms with Crippen molar-refractivity contribution in [2.24, 2.45) is 0 Å². The fourth-order valence-corrected chi connectivity index (χ4v) is 1.86. The first kappa shape index (κ1) is 13.2. The van der Waals surface area contributed by atoms with Crippen LogP contribution in [-0.2, 0) is 0 Å². The molecule has 0 radical (unpaired) electrons. The van der Waals surface area contributed by atoms with E-state index < -0.39 is 16.8 Å². The molecule has 1 rings (SSSR count). The third kappa shape index (κ3) is 3.07. The van der Waals surface area contributed by atoms with E-state index in [0.29, 0.717) is 0 Å². The maximum absolute atomic E-state index is 10.7. The molecule has 1 N–H and O–H groups in total. The zero-order chi connectivity index (χ0) is 13.0. The number of likely N-dealkylation sites (N-methyl/N-ethyl adjacent to an activating group) is 1. The number of aromatic nitrogens is 1. The maximum atomic E-state index is 10.7. The van der Waals surface area contributed by atoms with Gasteiger partial charge in [0.25, 0.3) is 0 Å². The van der Waals surface area contributed by atoms with Gasteiger partial charge in [0.15, 0.2) is 0 Å². The van der Waals surface area contributed by atoms with E-state index in [1.165, 1.54) is 0 Å². The molecular formula is C11H16N4O2. The van der Waals surface area contributed by atoms with E-state index in [2.05, 4.69) is 4.98 Å². The van der Waals surface area contributed by atoms with Crippen LogP contribution >= 0.6 is 0 Å². The molecule has 6 nitrogen and oxygen atoms in total. The molecule has 0 amide bonds. The fraction of sp³-hybridized carbons (Fsp3) is 0.455. The van der Waals surface area contributed by atoms with Crippen LogP contribution in [0.15, 0.2) is 24.5 Å². The Bertz CT molecular complexity index is 405. The van der Waals surface area contributed by atoms with Crippen LogP contribution in [0.25, 0.3) is 0 Å². The molecule has 0 saturated heterocycles. The Hall–Kier alpha value is -1.82. The molecule has 6 heteroatoms. The summed E-state index contributed by atoms with van der Waals surface area (Å²) in [6.07, 6.45) is 3.33. The Morgan fingerprint density at radius 3 is 2.65 bits per heavy atom. The molecule has 0 spiro atoms. The van der Waals surface area contributed by atoms with Crippen LogP contribution in [0.1, 0.15) is 18.4 Å². The number of rotatable bonds is 4. The van der Waals surface area contributed by atoms with Crippen molar-refractivity contribution in [3.8, 4) is 0 Å². The molecular weight excluding hydrogens is 220 g/mol. The standard InChI is InChI=1S/C11H16N4O2/c1-8(9-5-4-6-13-7-9)10(14(2)3)11(12)15(16)17/h4-8,10,12H,1-3H3. The van der Waals surface area contributed by atoms with Crippen LogP contribution < -0.4 is 0 Å². The van der Waals surface area contributed by atoms with Gasteiger partial charge >= 0.3 is 5.84 Å². The Morgan fingerprint density at radius 1 is 1.59 bits per heavy atom. The molecule has 2 unspecified atom stereocenters. The average Bonchev–Trinajstić information content (AvgIpc) is 2.29. The van der Waals surface area contributed by atoms with Crippen molar-refractivity contribution in [2.45, 2.75) is 18.9 Å². The summed E-state index contributed by atoms with van der Waals surface area (Å²) < 4.78 is 0. The second-order valence-corrected chi connectivity index (χ2v) is 4.13. The zero-order valence-corrected chi connectivity index (χ0v) is 10.1. The summed E-state index contributed by atoms with van der Waals surface area (Å²) >= 11 is 0. The van der Waals surface area contributed by atoms with Gasteiger partial charge in [0.1, 0.15) is 6.04 Å². The molecule has 0 saturated carbocycles. The molecule has 0 aliphatic carbocycles. The van der Waals surface area contributed by atoms with Gasteiger partial charge in [-0.25, -0.2) is 0 Å². The Balaban J connectivity index is 3.00. The molecule has 2 atom stereocenters. The predicted octanol–water partition coefficient (Wildman–Crippen LogP) is 1.37. The topological polar surface area (TPSA) is 83.1 Å². The van der Waals surface area contributed by atoms with E-state index in [-0.39, 0.29) is 5.92 Å². The highest BCUT2D eigenvalue weighted by Crippen LogP contribution is 2.22. The van der Waals surface area contributed by atoms with E-state index in [1.54, 1.807) is 37.5 Å². The lowest BCUT2D eigenvalue weighted by atomic mass is 9.93. The van der Waals surface area contributed by atoms with Crippen LogP contribution in [0.2, 0.25) is 0 Å². The van der Waals surface area contributed by atoms with Crippen LogP contribution in [0.5, 0.6) is 0 Å². The summed E-state index contributed by atoms with van der Waals surface area (Å²) in [7, 11) is 3.46. The average molecular weight is 236 g/mol. The number of nitrogens with one attached hydrogen (secondary N) is 1. The fourth-order valence-electron chi connectivity index (χ4n) is 1.86. The van der Waals surface area contributed by atoms with Gasteiger partial charge in [-0.1, -0.05) is 18.4 Å². The molecule has 0 bridgehead atoms. The number of amidine groups is 1. The van der Waals surface area contributed by atoms with Crippen molar-refractivity contribution in [1.29, 1.82) is 5.41 Å². The highest BCUT2D eigenvalue weighted by Gasteiger charge is 2.32. The predicted molar refractivity (Wildman–Crippen MR) is 64.8 cm³/mol. The summed E-state index contributed by atoms with van der Waals surface area (Å²) in [6.45, 7) is 1.86. The highest BCUT2D eigenvalue weighted by atomic mass is 16.6.